The molecule has 0 saturated carbocycles. The Labute approximate surface area is 134 Å². The third kappa shape index (κ3) is 3.36. The number of benzene rings is 1. The molecule has 1 aromatic heterocycles. The number of thiazole rings is 1. The first kappa shape index (κ1) is 15.2. The molecule has 5 heteroatoms. The van der Waals surface area contributed by atoms with Crippen LogP contribution < -0.4 is 10.0 Å². The van der Waals surface area contributed by atoms with Crippen molar-refractivity contribution in [1.29, 1.82) is 0 Å². The van der Waals surface area contributed by atoms with E-state index in [4.69, 9.17) is 0 Å². The third-order valence-electron chi connectivity index (χ3n) is 4.20. The number of likely N-dealkylation sites (tertiary alicyclic amines) is 1. The van der Waals surface area contributed by atoms with Crippen molar-refractivity contribution in [2.45, 2.75) is 32.7 Å². The van der Waals surface area contributed by atoms with Crippen LogP contribution in [0.3, 0.4) is 0 Å². The van der Waals surface area contributed by atoms with Gasteiger partial charge in [0, 0.05) is 11.1 Å². The maximum absolute atomic E-state index is 11.0. The van der Waals surface area contributed by atoms with Crippen LogP contribution in [0.4, 0.5) is 0 Å². The number of carboxylic acid groups (broad SMARTS) is 1. The Morgan fingerprint density at radius 1 is 1.23 bits per heavy atom. The highest BCUT2D eigenvalue weighted by Gasteiger charge is 2.14. The van der Waals surface area contributed by atoms with Crippen molar-refractivity contribution in [3.63, 3.8) is 0 Å². The normalized spacial score (nSPS) is 15.9. The molecule has 0 radical (unpaired) electrons. The number of nitrogens with zero attached hydrogens (tertiary/aromatic N) is 1. The largest absolute Gasteiger partial charge is 0.544 e. The van der Waals surface area contributed by atoms with Crippen molar-refractivity contribution in [2.24, 2.45) is 0 Å². The lowest BCUT2D eigenvalue weighted by molar-refractivity contribution is -0.918. The van der Waals surface area contributed by atoms with E-state index in [1.807, 2.05) is 12.1 Å². The van der Waals surface area contributed by atoms with Crippen LogP contribution in [-0.4, -0.2) is 24.0 Å². The standard InChI is InChI=1S/C17H20N2O2S/c1-12-15(17(20)21)22-16(18-12)14-7-5-13(6-8-14)11-19-9-3-2-4-10-19/h5-8H,2-4,9-11H2,1H3,(H,20,21). The fourth-order valence-corrected chi connectivity index (χ4v) is 3.90. The fourth-order valence-electron chi connectivity index (χ4n) is 2.99. The minimum Gasteiger partial charge on any atom is -0.544 e. The summed E-state index contributed by atoms with van der Waals surface area (Å²) in [5, 5.41) is 11.7. The van der Waals surface area contributed by atoms with Crippen LogP contribution in [-0.2, 0) is 6.54 Å². The Hall–Kier alpha value is -1.72. The highest BCUT2D eigenvalue weighted by Crippen LogP contribution is 2.27. The molecule has 3 rings (SSSR count). The molecule has 2 aromatic rings. The predicted octanol–water partition coefficient (Wildman–Crippen LogP) is 1.05. The molecule has 1 aliphatic heterocycles. The van der Waals surface area contributed by atoms with E-state index in [1.165, 1.54) is 49.3 Å². The number of carbonyl (C=O) groups is 1. The van der Waals surface area contributed by atoms with Crippen molar-refractivity contribution < 1.29 is 14.8 Å². The van der Waals surface area contributed by atoms with Gasteiger partial charge in [-0.15, -0.1) is 11.3 Å². The number of carbonyl (C=O) groups excluding carboxylic acids is 1. The van der Waals surface area contributed by atoms with Gasteiger partial charge in [-0.1, -0.05) is 24.3 Å². The first-order chi connectivity index (χ1) is 10.6. The predicted molar refractivity (Wildman–Crippen MR) is 84.9 cm³/mol. The van der Waals surface area contributed by atoms with E-state index >= 15 is 0 Å². The molecule has 2 heterocycles. The molecule has 116 valence electrons. The Morgan fingerprint density at radius 3 is 2.50 bits per heavy atom. The number of piperidine rings is 1. The molecule has 1 aliphatic rings. The SMILES string of the molecule is Cc1nc(-c2ccc(C[NH+]3CCCCC3)cc2)sc1C(=O)[O-]. The van der Waals surface area contributed by atoms with Crippen LogP contribution >= 0.6 is 11.3 Å². The van der Waals surface area contributed by atoms with E-state index in [0.717, 1.165) is 17.1 Å². The van der Waals surface area contributed by atoms with Crippen molar-refractivity contribution in [2.75, 3.05) is 13.1 Å². The summed E-state index contributed by atoms with van der Waals surface area (Å²) in [5.74, 6) is -1.15. The summed E-state index contributed by atoms with van der Waals surface area (Å²) in [7, 11) is 0. The van der Waals surface area contributed by atoms with Crippen LogP contribution in [0.1, 0.15) is 40.2 Å². The first-order valence-corrected chi connectivity index (χ1v) is 8.57. The highest BCUT2D eigenvalue weighted by atomic mass is 32.1. The van der Waals surface area contributed by atoms with Gasteiger partial charge in [0.15, 0.2) is 0 Å². The maximum atomic E-state index is 11.0. The smallest absolute Gasteiger partial charge is 0.124 e. The lowest BCUT2D eigenvalue weighted by Crippen LogP contribution is -3.11. The number of aryl methyl sites for hydroxylation is 1. The van der Waals surface area contributed by atoms with Gasteiger partial charge in [0.1, 0.15) is 11.6 Å². The molecule has 1 saturated heterocycles. The molecule has 1 N–H and O–H groups in total. The number of rotatable bonds is 4. The second kappa shape index (κ2) is 6.58. The third-order valence-corrected chi connectivity index (χ3v) is 5.38. The van der Waals surface area contributed by atoms with Gasteiger partial charge in [0.2, 0.25) is 0 Å². The highest BCUT2D eigenvalue weighted by molar-refractivity contribution is 7.17. The van der Waals surface area contributed by atoms with Crippen LogP contribution in [0.25, 0.3) is 10.6 Å². The number of hydrogen-bond acceptors (Lipinski definition) is 4. The zero-order valence-electron chi connectivity index (χ0n) is 12.7. The van der Waals surface area contributed by atoms with E-state index in [9.17, 15) is 9.90 Å². The maximum Gasteiger partial charge on any atom is 0.124 e. The minimum absolute atomic E-state index is 0.219. The van der Waals surface area contributed by atoms with Crippen LogP contribution in [0.2, 0.25) is 0 Å². The Morgan fingerprint density at radius 2 is 1.91 bits per heavy atom. The molecule has 1 fully saturated rings. The molecular weight excluding hydrogens is 296 g/mol. The molecule has 4 nitrogen and oxygen atoms in total. The molecule has 22 heavy (non-hydrogen) atoms. The van der Waals surface area contributed by atoms with Crippen LogP contribution in [0, 0.1) is 6.92 Å². The Kier molecular flexibility index (Phi) is 4.55. The number of quaternary nitrogens is 1. The van der Waals surface area contributed by atoms with E-state index in [-0.39, 0.29) is 4.88 Å². The summed E-state index contributed by atoms with van der Waals surface area (Å²) in [4.78, 5) is 17.2. The molecule has 1 aromatic carbocycles. The summed E-state index contributed by atoms with van der Waals surface area (Å²) in [6.45, 7) is 5.31. The first-order valence-electron chi connectivity index (χ1n) is 7.75. The molecule has 0 aliphatic carbocycles. The lowest BCUT2D eigenvalue weighted by Gasteiger charge is -2.23. The summed E-state index contributed by atoms with van der Waals surface area (Å²) >= 11 is 1.18. The van der Waals surface area contributed by atoms with Crippen LogP contribution in [0.15, 0.2) is 24.3 Å². The lowest BCUT2D eigenvalue weighted by atomic mass is 10.1. The Balaban J connectivity index is 1.73. The van der Waals surface area contributed by atoms with Gasteiger partial charge in [-0.2, -0.15) is 0 Å². The van der Waals surface area contributed by atoms with E-state index in [1.54, 1.807) is 11.8 Å². The number of aromatic carboxylic acids is 1. The van der Waals surface area contributed by atoms with Crippen molar-refractivity contribution in [3.05, 3.63) is 40.4 Å². The van der Waals surface area contributed by atoms with Crippen molar-refractivity contribution in [1.82, 2.24) is 4.98 Å². The second-order valence-electron chi connectivity index (χ2n) is 5.91. The number of carboxylic acids is 1. The molecule has 0 atom stereocenters. The summed E-state index contributed by atoms with van der Waals surface area (Å²) in [6, 6.07) is 8.34. The van der Waals surface area contributed by atoms with Gasteiger partial charge in [-0.25, -0.2) is 4.98 Å². The fraction of sp³-hybridized carbons (Fsp3) is 0.412. The number of hydrogen-bond donors (Lipinski definition) is 1. The average Bonchev–Trinajstić information content (AvgIpc) is 2.91. The van der Waals surface area contributed by atoms with E-state index in [2.05, 4.69) is 17.1 Å². The van der Waals surface area contributed by atoms with Crippen molar-refractivity contribution in [3.8, 4) is 10.6 Å². The molecule has 0 spiro atoms. The summed E-state index contributed by atoms with van der Waals surface area (Å²) in [5.41, 5.74) is 2.83. The van der Waals surface area contributed by atoms with Gasteiger partial charge in [0.05, 0.1) is 29.6 Å². The van der Waals surface area contributed by atoms with E-state index in [0.29, 0.717) is 5.69 Å². The second-order valence-corrected chi connectivity index (χ2v) is 6.90. The van der Waals surface area contributed by atoms with Gasteiger partial charge in [-0.05, 0) is 26.2 Å². The van der Waals surface area contributed by atoms with Crippen LogP contribution in [0.5, 0.6) is 0 Å². The minimum atomic E-state index is -1.15. The number of aromatic nitrogens is 1. The van der Waals surface area contributed by atoms with Gasteiger partial charge < -0.3 is 14.8 Å². The molecule has 0 bridgehead atoms. The zero-order valence-corrected chi connectivity index (χ0v) is 13.5. The van der Waals surface area contributed by atoms with Gasteiger partial charge in [-0.3, -0.25) is 0 Å². The quantitative estimate of drug-likeness (QED) is 0.917. The monoisotopic (exact) mass is 316 g/mol. The topological polar surface area (TPSA) is 57.5 Å². The average molecular weight is 316 g/mol. The Bertz CT molecular complexity index is 658. The van der Waals surface area contributed by atoms with E-state index < -0.39 is 5.97 Å². The number of nitrogens with one attached hydrogen (secondary N) is 1. The molecule has 0 unspecified atom stereocenters. The molecular formula is C17H20N2O2S. The summed E-state index contributed by atoms with van der Waals surface area (Å²) < 4.78 is 0. The summed E-state index contributed by atoms with van der Waals surface area (Å²) in [6.07, 6.45) is 4.03. The molecule has 0 amide bonds. The van der Waals surface area contributed by atoms with Crippen molar-refractivity contribution >= 4 is 17.3 Å². The zero-order chi connectivity index (χ0) is 15.5. The van der Waals surface area contributed by atoms with Gasteiger partial charge in [0.25, 0.3) is 0 Å². The van der Waals surface area contributed by atoms with Gasteiger partial charge >= 0.3 is 0 Å².